The Balaban J connectivity index is 1.73. The van der Waals surface area contributed by atoms with Crippen LogP contribution in [0, 0.1) is 6.92 Å². The van der Waals surface area contributed by atoms with Gasteiger partial charge in [0.1, 0.15) is 5.76 Å². The van der Waals surface area contributed by atoms with Gasteiger partial charge in [-0.2, -0.15) is 4.98 Å². The first-order chi connectivity index (χ1) is 10.6. The molecule has 6 heteroatoms. The molecular formula is C16H21N3O3. The number of piperidine rings is 1. The molecule has 0 N–H and O–H groups in total. The fraction of sp³-hybridized carbons (Fsp3) is 0.562. The summed E-state index contributed by atoms with van der Waals surface area (Å²) in [5.41, 5.74) is 0.633. The van der Waals surface area contributed by atoms with Crippen LogP contribution >= 0.6 is 0 Å². The molecule has 1 aliphatic rings. The van der Waals surface area contributed by atoms with Crippen LogP contribution in [-0.2, 0) is 0 Å². The number of hydrogen-bond acceptors (Lipinski definition) is 5. The van der Waals surface area contributed by atoms with Crippen LogP contribution in [0.1, 0.15) is 66.4 Å². The largest absolute Gasteiger partial charge is 0.469 e. The highest BCUT2D eigenvalue weighted by molar-refractivity contribution is 5.95. The van der Waals surface area contributed by atoms with E-state index < -0.39 is 0 Å². The van der Waals surface area contributed by atoms with Crippen LogP contribution < -0.4 is 0 Å². The van der Waals surface area contributed by atoms with Crippen LogP contribution in [0.25, 0.3) is 0 Å². The van der Waals surface area contributed by atoms with Gasteiger partial charge in [0, 0.05) is 19.0 Å². The van der Waals surface area contributed by atoms with Crippen molar-refractivity contribution in [3.63, 3.8) is 0 Å². The fourth-order valence-corrected chi connectivity index (χ4v) is 2.79. The highest BCUT2D eigenvalue weighted by Gasteiger charge is 2.30. The maximum Gasteiger partial charge on any atom is 0.257 e. The van der Waals surface area contributed by atoms with E-state index in [1.54, 1.807) is 12.3 Å². The molecule has 0 radical (unpaired) electrons. The SMILES string of the molecule is Cc1occc1C(=O)N1CCCC(c2nc(C(C)C)no2)C1. The van der Waals surface area contributed by atoms with Crippen LogP contribution in [-0.4, -0.2) is 34.0 Å². The van der Waals surface area contributed by atoms with Crippen LogP contribution in [0.2, 0.25) is 0 Å². The lowest BCUT2D eigenvalue weighted by Gasteiger charge is -2.30. The van der Waals surface area contributed by atoms with E-state index in [1.807, 2.05) is 25.7 Å². The molecule has 0 aliphatic carbocycles. The number of carbonyl (C=O) groups is 1. The summed E-state index contributed by atoms with van der Waals surface area (Å²) in [6.07, 6.45) is 3.46. The summed E-state index contributed by atoms with van der Waals surface area (Å²) in [5.74, 6) is 2.40. The summed E-state index contributed by atoms with van der Waals surface area (Å²) in [6, 6.07) is 1.73. The monoisotopic (exact) mass is 303 g/mol. The molecule has 1 unspecified atom stereocenters. The molecule has 2 aromatic heterocycles. The molecule has 0 saturated carbocycles. The predicted octanol–water partition coefficient (Wildman–Crippen LogP) is 3.11. The molecule has 2 aromatic rings. The van der Waals surface area contributed by atoms with E-state index in [9.17, 15) is 4.79 Å². The second-order valence-corrected chi connectivity index (χ2v) is 6.13. The average Bonchev–Trinajstić information content (AvgIpc) is 3.15. The molecule has 0 spiro atoms. The van der Waals surface area contributed by atoms with Crippen molar-refractivity contribution in [2.45, 2.75) is 45.4 Å². The second kappa shape index (κ2) is 5.94. The van der Waals surface area contributed by atoms with Gasteiger partial charge in [0.2, 0.25) is 5.89 Å². The van der Waals surface area contributed by atoms with Crippen LogP contribution in [0.4, 0.5) is 0 Å². The van der Waals surface area contributed by atoms with E-state index in [1.165, 1.54) is 0 Å². The molecule has 22 heavy (non-hydrogen) atoms. The van der Waals surface area contributed by atoms with E-state index in [-0.39, 0.29) is 17.7 Å². The molecule has 1 amide bonds. The molecule has 0 aromatic carbocycles. The Morgan fingerprint density at radius 1 is 1.45 bits per heavy atom. The van der Waals surface area contributed by atoms with Crippen LogP contribution in [0.15, 0.2) is 21.3 Å². The zero-order chi connectivity index (χ0) is 15.7. The lowest BCUT2D eigenvalue weighted by molar-refractivity contribution is 0.0694. The zero-order valence-corrected chi connectivity index (χ0v) is 13.2. The Hall–Kier alpha value is -2.11. The molecule has 0 bridgehead atoms. The maximum atomic E-state index is 12.6. The minimum atomic E-state index is 0.0135. The number of rotatable bonds is 3. The Morgan fingerprint density at radius 3 is 2.91 bits per heavy atom. The quantitative estimate of drug-likeness (QED) is 0.871. The Kier molecular flexibility index (Phi) is 4.00. The van der Waals surface area contributed by atoms with E-state index in [4.69, 9.17) is 8.94 Å². The van der Waals surface area contributed by atoms with E-state index in [2.05, 4.69) is 10.1 Å². The summed E-state index contributed by atoms with van der Waals surface area (Å²) in [4.78, 5) is 18.9. The first-order valence-electron chi connectivity index (χ1n) is 7.73. The fourth-order valence-electron chi connectivity index (χ4n) is 2.79. The molecule has 1 aliphatic heterocycles. The van der Waals surface area contributed by atoms with Crippen molar-refractivity contribution < 1.29 is 13.7 Å². The number of amides is 1. The van der Waals surface area contributed by atoms with Gasteiger partial charge in [-0.3, -0.25) is 4.79 Å². The summed E-state index contributed by atoms with van der Waals surface area (Å²) < 4.78 is 10.6. The van der Waals surface area contributed by atoms with Crippen molar-refractivity contribution in [2.24, 2.45) is 0 Å². The predicted molar refractivity (Wildman–Crippen MR) is 79.7 cm³/mol. The van der Waals surface area contributed by atoms with Crippen molar-refractivity contribution in [2.75, 3.05) is 13.1 Å². The van der Waals surface area contributed by atoms with Gasteiger partial charge in [-0.15, -0.1) is 0 Å². The van der Waals surface area contributed by atoms with Gasteiger partial charge in [-0.25, -0.2) is 0 Å². The van der Waals surface area contributed by atoms with Crippen LogP contribution in [0.5, 0.6) is 0 Å². The van der Waals surface area contributed by atoms with Crippen molar-refractivity contribution in [1.82, 2.24) is 15.0 Å². The van der Waals surface area contributed by atoms with E-state index >= 15 is 0 Å². The Morgan fingerprint density at radius 2 is 2.27 bits per heavy atom. The summed E-state index contributed by atoms with van der Waals surface area (Å²) in [7, 11) is 0. The van der Waals surface area contributed by atoms with E-state index in [0.29, 0.717) is 23.8 Å². The number of carbonyl (C=O) groups excluding carboxylic acids is 1. The molecule has 1 atom stereocenters. The van der Waals surface area contributed by atoms with Gasteiger partial charge < -0.3 is 13.8 Å². The smallest absolute Gasteiger partial charge is 0.257 e. The van der Waals surface area contributed by atoms with Crippen molar-refractivity contribution in [3.05, 3.63) is 35.4 Å². The van der Waals surface area contributed by atoms with Gasteiger partial charge in [0.15, 0.2) is 5.82 Å². The third-order valence-electron chi connectivity index (χ3n) is 4.12. The number of nitrogens with zero attached hydrogens (tertiary/aromatic N) is 3. The lowest BCUT2D eigenvalue weighted by atomic mass is 9.97. The average molecular weight is 303 g/mol. The molecule has 3 rings (SSSR count). The first-order valence-corrected chi connectivity index (χ1v) is 7.73. The number of aromatic nitrogens is 2. The third kappa shape index (κ3) is 2.77. The van der Waals surface area contributed by atoms with Gasteiger partial charge in [-0.05, 0) is 25.8 Å². The molecule has 118 valence electrons. The number of furan rings is 1. The normalized spacial score (nSPS) is 18.9. The van der Waals surface area contributed by atoms with Gasteiger partial charge in [0.05, 0.1) is 17.7 Å². The number of likely N-dealkylation sites (tertiary alicyclic amines) is 1. The van der Waals surface area contributed by atoms with Crippen molar-refractivity contribution in [1.29, 1.82) is 0 Å². The Labute approximate surface area is 129 Å². The molecule has 1 saturated heterocycles. The lowest BCUT2D eigenvalue weighted by Crippen LogP contribution is -2.39. The molecular weight excluding hydrogens is 282 g/mol. The molecule has 6 nitrogen and oxygen atoms in total. The Bertz CT molecular complexity index is 659. The topological polar surface area (TPSA) is 72.4 Å². The third-order valence-corrected chi connectivity index (χ3v) is 4.12. The summed E-state index contributed by atoms with van der Waals surface area (Å²) >= 11 is 0. The molecule has 3 heterocycles. The zero-order valence-electron chi connectivity index (χ0n) is 13.2. The minimum Gasteiger partial charge on any atom is -0.469 e. The van der Waals surface area contributed by atoms with Gasteiger partial charge in [0.25, 0.3) is 5.91 Å². The minimum absolute atomic E-state index is 0.0135. The number of aryl methyl sites for hydroxylation is 1. The summed E-state index contributed by atoms with van der Waals surface area (Å²) in [5, 5.41) is 4.02. The van der Waals surface area contributed by atoms with Gasteiger partial charge >= 0.3 is 0 Å². The summed E-state index contributed by atoms with van der Waals surface area (Å²) in [6.45, 7) is 7.25. The standard InChI is InChI=1S/C16H21N3O3/c1-10(2)14-17-15(22-18-14)12-5-4-7-19(9-12)16(20)13-6-8-21-11(13)3/h6,8,10,12H,4-5,7,9H2,1-3H3. The second-order valence-electron chi connectivity index (χ2n) is 6.13. The highest BCUT2D eigenvalue weighted by Crippen LogP contribution is 2.28. The van der Waals surface area contributed by atoms with Crippen molar-refractivity contribution in [3.8, 4) is 0 Å². The molecule has 1 fully saturated rings. The van der Waals surface area contributed by atoms with Crippen molar-refractivity contribution >= 4 is 5.91 Å². The highest BCUT2D eigenvalue weighted by atomic mass is 16.5. The van der Waals surface area contributed by atoms with Gasteiger partial charge in [-0.1, -0.05) is 19.0 Å². The first kappa shape index (κ1) is 14.8. The number of hydrogen-bond donors (Lipinski definition) is 0. The maximum absolute atomic E-state index is 12.6. The van der Waals surface area contributed by atoms with Crippen LogP contribution in [0.3, 0.4) is 0 Å². The van der Waals surface area contributed by atoms with E-state index in [0.717, 1.165) is 25.2 Å².